The van der Waals surface area contributed by atoms with Crippen molar-refractivity contribution in [3.8, 4) is 0 Å². The fraction of sp³-hybridized carbons (Fsp3) is 0.0769. The summed E-state index contributed by atoms with van der Waals surface area (Å²) in [6, 6.07) is 9.06. The lowest BCUT2D eigenvalue weighted by molar-refractivity contribution is -0.139. The van der Waals surface area contributed by atoms with E-state index in [4.69, 9.17) is 0 Å². The van der Waals surface area contributed by atoms with Gasteiger partial charge in [0, 0.05) is 10.7 Å². The van der Waals surface area contributed by atoms with Crippen molar-refractivity contribution in [3.05, 3.63) is 58.3 Å². The van der Waals surface area contributed by atoms with Gasteiger partial charge in [0.15, 0.2) is 6.04 Å². The third-order valence-corrected chi connectivity index (χ3v) is 3.01. The minimum absolute atomic E-state index is 0.300. The number of aliphatic carboxylic acids is 1. The average molecular weight is 323 g/mol. The van der Waals surface area contributed by atoms with Gasteiger partial charge in [0.1, 0.15) is 5.69 Å². The van der Waals surface area contributed by atoms with Crippen LogP contribution in [0.1, 0.15) is 22.1 Å². The molecule has 0 radical (unpaired) electrons. The van der Waals surface area contributed by atoms with E-state index in [1.54, 1.807) is 42.6 Å². The Morgan fingerprint density at radius 1 is 1.26 bits per heavy atom. The molecule has 98 valence electrons. The van der Waals surface area contributed by atoms with E-state index in [1.807, 2.05) is 0 Å². The molecule has 3 N–H and O–H groups in total. The number of nitrogens with one attached hydrogen (secondary N) is 2. The Bertz CT molecular complexity index is 595. The van der Waals surface area contributed by atoms with Crippen LogP contribution in [0.3, 0.4) is 0 Å². The van der Waals surface area contributed by atoms with Gasteiger partial charge >= 0.3 is 5.97 Å². The number of carboxylic acids is 1. The predicted octanol–water partition coefficient (Wildman–Crippen LogP) is 2.33. The van der Waals surface area contributed by atoms with E-state index in [1.165, 1.54) is 0 Å². The maximum atomic E-state index is 11.9. The first-order valence-electron chi connectivity index (χ1n) is 5.50. The smallest absolute Gasteiger partial charge is 0.330 e. The Hall–Kier alpha value is -2.08. The fourth-order valence-electron chi connectivity index (χ4n) is 1.64. The highest BCUT2D eigenvalue weighted by atomic mass is 79.9. The van der Waals surface area contributed by atoms with Crippen LogP contribution in [0.5, 0.6) is 0 Å². The molecule has 1 atom stereocenters. The number of benzene rings is 1. The van der Waals surface area contributed by atoms with Crippen molar-refractivity contribution in [2.45, 2.75) is 6.04 Å². The Balaban J connectivity index is 2.18. The lowest BCUT2D eigenvalue weighted by Crippen LogP contribution is -2.33. The summed E-state index contributed by atoms with van der Waals surface area (Å²) in [6.45, 7) is 0. The molecule has 0 bridgehead atoms. The number of carbonyl (C=O) groups excluding carboxylic acids is 1. The number of hydrogen-bond donors (Lipinski definition) is 3. The second-order valence-electron chi connectivity index (χ2n) is 3.89. The summed E-state index contributed by atoms with van der Waals surface area (Å²) in [5.41, 5.74) is 0.822. The number of hydrogen-bond acceptors (Lipinski definition) is 2. The first kappa shape index (κ1) is 13.4. The SMILES string of the molecule is O=C(N[C@@H](C(=O)O)c1ccccc1)c1cc(Br)c[nH]1. The number of rotatable bonds is 4. The Labute approximate surface area is 117 Å². The van der Waals surface area contributed by atoms with Crippen molar-refractivity contribution in [2.75, 3.05) is 0 Å². The molecule has 2 aromatic rings. The minimum atomic E-state index is -1.11. The van der Waals surface area contributed by atoms with Gasteiger partial charge in [-0.15, -0.1) is 0 Å². The maximum absolute atomic E-state index is 11.9. The molecular formula is C13H11BrN2O3. The summed E-state index contributed by atoms with van der Waals surface area (Å²) < 4.78 is 0.726. The summed E-state index contributed by atoms with van der Waals surface area (Å²) in [5, 5.41) is 11.7. The van der Waals surface area contributed by atoms with Gasteiger partial charge in [-0.25, -0.2) is 4.79 Å². The van der Waals surface area contributed by atoms with Crippen LogP contribution in [0.2, 0.25) is 0 Å². The number of H-pyrrole nitrogens is 1. The second kappa shape index (κ2) is 5.71. The number of halogens is 1. The van der Waals surface area contributed by atoms with E-state index in [0.717, 1.165) is 4.47 Å². The van der Waals surface area contributed by atoms with Crippen LogP contribution in [-0.2, 0) is 4.79 Å². The highest BCUT2D eigenvalue weighted by Crippen LogP contribution is 2.15. The molecule has 1 aromatic heterocycles. The zero-order valence-electron chi connectivity index (χ0n) is 9.76. The Morgan fingerprint density at radius 3 is 2.47 bits per heavy atom. The molecule has 5 nitrogen and oxygen atoms in total. The van der Waals surface area contributed by atoms with Gasteiger partial charge in [-0.05, 0) is 27.6 Å². The first-order valence-corrected chi connectivity index (χ1v) is 6.30. The van der Waals surface area contributed by atoms with E-state index in [9.17, 15) is 14.7 Å². The molecule has 0 saturated heterocycles. The average Bonchev–Trinajstić information content (AvgIpc) is 2.83. The monoisotopic (exact) mass is 322 g/mol. The van der Waals surface area contributed by atoms with Crippen LogP contribution in [0.25, 0.3) is 0 Å². The summed E-state index contributed by atoms with van der Waals surface area (Å²) in [4.78, 5) is 25.9. The third kappa shape index (κ3) is 3.23. The van der Waals surface area contributed by atoms with Crippen LogP contribution >= 0.6 is 15.9 Å². The highest BCUT2D eigenvalue weighted by molar-refractivity contribution is 9.10. The van der Waals surface area contributed by atoms with E-state index < -0.39 is 17.9 Å². The van der Waals surface area contributed by atoms with Crippen LogP contribution in [-0.4, -0.2) is 22.0 Å². The van der Waals surface area contributed by atoms with Crippen LogP contribution < -0.4 is 5.32 Å². The lowest BCUT2D eigenvalue weighted by atomic mass is 10.1. The topological polar surface area (TPSA) is 82.2 Å². The van der Waals surface area contributed by atoms with Gasteiger partial charge in [0.25, 0.3) is 5.91 Å². The highest BCUT2D eigenvalue weighted by Gasteiger charge is 2.22. The normalized spacial score (nSPS) is 11.8. The number of carbonyl (C=O) groups is 2. The van der Waals surface area contributed by atoms with Crippen molar-refractivity contribution in [1.29, 1.82) is 0 Å². The van der Waals surface area contributed by atoms with E-state index in [0.29, 0.717) is 11.3 Å². The summed E-state index contributed by atoms with van der Waals surface area (Å²) in [5.74, 6) is -1.58. The fourth-order valence-corrected chi connectivity index (χ4v) is 1.98. The Morgan fingerprint density at radius 2 is 1.95 bits per heavy atom. The zero-order valence-corrected chi connectivity index (χ0v) is 11.3. The number of aromatic amines is 1. The van der Waals surface area contributed by atoms with E-state index in [2.05, 4.69) is 26.2 Å². The van der Waals surface area contributed by atoms with Crippen molar-refractivity contribution >= 4 is 27.8 Å². The molecule has 0 aliphatic heterocycles. The number of amides is 1. The predicted molar refractivity (Wildman–Crippen MR) is 72.8 cm³/mol. The maximum Gasteiger partial charge on any atom is 0.330 e. The van der Waals surface area contributed by atoms with E-state index in [-0.39, 0.29) is 0 Å². The molecule has 19 heavy (non-hydrogen) atoms. The van der Waals surface area contributed by atoms with Gasteiger partial charge in [-0.3, -0.25) is 4.79 Å². The minimum Gasteiger partial charge on any atom is -0.479 e. The number of carboxylic acid groups (broad SMARTS) is 1. The molecule has 1 aromatic carbocycles. The second-order valence-corrected chi connectivity index (χ2v) is 4.80. The van der Waals surface area contributed by atoms with Gasteiger partial charge in [0.05, 0.1) is 0 Å². The van der Waals surface area contributed by atoms with Crippen LogP contribution in [0.15, 0.2) is 47.1 Å². The summed E-state index contributed by atoms with van der Waals surface area (Å²) >= 11 is 3.21. The molecule has 0 aliphatic rings. The van der Waals surface area contributed by atoms with E-state index >= 15 is 0 Å². The number of aromatic nitrogens is 1. The third-order valence-electron chi connectivity index (χ3n) is 2.55. The molecular weight excluding hydrogens is 312 g/mol. The standard InChI is InChI=1S/C13H11BrN2O3/c14-9-6-10(15-7-9)12(17)16-11(13(18)19)8-4-2-1-3-5-8/h1-7,11,15H,(H,16,17)(H,18,19)/t11-/m1/s1. The van der Waals surface area contributed by atoms with Crippen molar-refractivity contribution in [2.24, 2.45) is 0 Å². The Kier molecular flexibility index (Phi) is 4.01. The molecule has 0 spiro atoms. The van der Waals surface area contributed by atoms with Crippen molar-refractivity contribution in [1.82, 2.24) is 10.3 Å². The quantitative estimate of drug-likeness (QED) is 0.808. The van der Waals surface area contributed by atoms with Crippen molar-refractivity contribution in [3.63, 3.8) is 0 Å². The molecule has 2 rings (SSSR count). The van der Waals surface area contributed by atoms with Gasteiger partial charge in [0.2, 0.25) is 0 Å². The van der Waals surface area contributed by atoms with Crippen LogP contribution in [0, 0.1) is 0 Å². The molecule has 6 heteroatoms. The summed E-state index contributed by atoms with van der Waals surface area (Å²) in [6.07, 6.45) is 1.60. The zero-order chi connectivity index (χ0) is 13.8. The molecule has 1 heterocycles. The van der Waals surface area contributed by atoms with Gasteiger partial charge in [-0.1, -0.05) is 30.3 Å². The molecule has 0 saturated carbocycles. The lowest BCUT2D eigenvalue weighted by Gasteiger charge is -2.14. The largest absolute Gasteiger partial charge is 0.479 e. The molecule has 0 unspecified atom stereocenters. The van der Waals surface area contributed by atoms with Crippen molar-refractivity contribution < 1.29 is 14.7 Å². The molecule has 0 aliphatic carbocycles. The van der Waals surface area contributed by atoms with Crippen LogP contribution in [0.4, 0.5) is 0 Å². The van der Waals surface area contributed by atoms with Gasteiger partial charge in [-0.2, -0.15) is 0 Å². The summed E-state index contributed by atoms with van der Waals surface area (Å²) in [7, 11) is 0. The first-order chi connectivity index (χ1) is 9.08. The molecule has 0 fully saturated rings. The van der Waals surface area contributed by atoms with Gasteiger partial charge < -0.3 is 15.4 Å². The molecule has 1 amide bonds.